The SMILES string of the molecule is C[S+]([O-])N=CC1(c2ccc(Cl)cc2)CCC1. The number of nitrogens with zero attached hydrogens (tertiary/aromatic N) is 1. The molecule has 1 aromatic rings. The highest BCUT2D eigenvalue weighted by molar-refractivity contribution is 7.89. The van der Waals surface area contributed by atoms with Crippen molar-refractivity contribution < 1.29 is 4.55 Å². The molecule has 0 saturated heterocycles. The molecule has 1 atom stereocenters. The first kappa shape index (κ1) is 12.0. The van der Waals surface area contributed by atoms with Crippen molar-refractivity contribution in [1.29, 1.82) is 0 Å². The average Bonchev–Trinajstić information content (AvgIpc) is 2.18. The van der Waals surface area contributed by atoms with Gasteiger partial charge in [0.1, 0.15) is 6.26 Å². The highest BCUT2D eigenvalue weighted by Crippen LogP contribution is 2.42. The van der Waals surface area contributed by atoms with Gasteiger partial charge in [0.05, 0.1) is 17.6 Å². The van der Waals surface area contributed by atoms with E-state index in [2.05, 4.69) is 4.40 Å². The van der Waals surface area contributed by atoms with Crippen LogP contribution in [0.15, 0.2) is 28.7 Å². The van der Waals surface area contributed by atoms with Gasteiger partial charge in [-0.3, -0.25) is 0 Å². The Kier molecular flexibility index (Phi) is 3.57. The second kappa shape index (κ2) is 4.78. The van der Waals surface area contributed by atoms with Crippen LogP contribution in [0.4, 0.5) is 0 Å². The Morgan fingerprint density at radius 2 is 2.00 bits per heavy atom. The van der Waals surface area contributed by atoms with Crippen LogP contribution in [-0.2, 0) is 16.8 Å². The van der Waals surface area contributed by atoms with Gasteiger partial charge in [0.2, 0.25) is 0 Å². The van der Waals surface area contributed by atoms with Crippen LogP contribution in [0.25, 0.3) is 0 Å². The van der Waals surface area contributed by atoms with Gasteiger partial charge in [-0.2, -0.15) is 0 Å². The second-order valence-corrected chi connectivity index (χ2v) is 5.67. The quantitative estimate of drug-likeness (QED) is 0.604. The summed E-state index contributed by atoms with van der Waals surface area (Å²) in [5.74, 6) is 0. The Bertz CT molecular complexity index is 385. The molecular weight excluding hydrogens is 242 g/mol. The summed E-state index contributed by atoms with van der Waals surface area (Å²) in [5, 5.41) is 0.745. The van der Waals surface area contributed by atoms with E-state index in [4.69, 9.17) is 11.6 Å². The summed E-state index contributed by atoms with van der Waals surface area (Å²) < 4.78 is 15.0. The zero-order valence-corrected chi connectivity index (χ0v) is 10.7. The Hall–Kier alpha value is -0.510. The summed E-state index contributed by atoms with van der Waals surface area (Å²) in [4.78, 5) is 0. The van der Waals surface area contributed by atoms with Crippen molar-refractivity contribution in [2.24, 2.45) is 4.40 Å². The number of halogens is 1. The maximum atomic E-state index is 11.0. The third kappa shape index (κ3) is 2.42. The summed E-state index contributed by atoms with van der Waals surface area (Å²) in [6, 6.07) is 7.86. The number of rotatable bonds is 3. The first-order valence-electron chi connectivity index (χ1n) is 5.27. The van der Waals surface area contributed by atoms with E-state index >= 15 is 0 Å². The third-order valence-corrected chi connectivity index (χ3v) is 3.77. The van der Waals surface area contributed by atoms with Gasteiger partial charge in [0.25, 0.3) is 0 Å². The molecule has 1 unspecified atom stereocenters. The predicted molar refractivity (Wildman–Crippen MR) is 69.5 cm³/mol. The van der Waals surface area contributed by atoms with Gasteiger partial charge in [-0.1, -0.05) is 34.6 Å². The van der Waals surface area contributed by atoms with Crippen molar-refractivity contribution in [3.05, 3.63) is 34.9 Å². The van der Waals surface area contributed by atoms with Gasteiger partial charge in [-0.25, -0.2) is 0 Å². The predicted octanol–water partition coefficient (Wildman–Crippen LogP) is 3.13. The van der Waals surface area contributed by atoms with Gasteiger partial charge < -0.3 is 4.55 Å². The molecule has 1 aromatic carbocycles. The minimum absolute atomic E-state index is 0.00371. The fraction of sp³-hybridized carbons (Fsp3) is 0.417. The van der Waals surface area contributed by atoms with E-state index in [1.165, 1.54) is 12.0 Å². The molecule has 0 radical (unpaired) electrons. The van der Waals surface area contributed by atoms with Crippen LogP contribution in [0.2, 0.25) is 5.02 Å². The summed E-state index contributed by atoms with van der Waals surface area (Å²) in [6.07, 6.45) is 6.80. The molecule has 0 spiro atoms. The lowest BCUT2D eigenvalue weighted by molar-refractivity contribution is 0.348. The van der Waals surface area contributed by atoms with Crippen LogP contribution in [0, 0.1) is 0 Å². The normalized spacial score (nSPS) is 20.7. The van der Waals surface area contributed by atoms with E-state index in [0.717, 1.165) is 17.9 Å². The lowest BCUT2D eigenvalue weighted by Crippen LogP contribution is -2.36. The van der Waals surface area contributed by atoms with Crippen LogP contribution >= 0.6 is 11.6 Å². The number of hydrogen-bond donors (Lipinski definition) is 0. The fourth-order valence-corrected chi connectivity index (χ4v) is 2.48. The van der Waals surface area contributed by atoms with Crippen LogP contribution in [0.5, 0.6) is 0 Å². The van der Waals surface area contributed by atoms with Crippen molar-refractivity contribution in [2.45, 2.75) is 24.7 Å². The molecule has 0 bridgehead atoms. The van der Waals surface area contributed by atoms with Gasteiger partial charge in [-0.05, 0) is 30.5 Å². The van der Waals surface area contributed by atoms with Gasteiger partial charge in [0, 0.05) is 10.4 Å². The van der Waals surface area contributed by atoms with Crippen LogP contribution < -0.4 is 0 Å². The largest absolute Gasteiger partial charge is 0.592 e. The molecule has 0 aliphatic heterocycles. The molecule has 1 aliphatic carbocycles. The Balaban J connectivity index is 2.24. The molecule has 0 heterocycles. The lowest BCUT2D eigenvalue weighted by Gasteiger charge is -2.38. The first-order chi connectivity index (χ1) is 7.62. The molecule has 16 heavy (non-hydrogen) atoms. The Morgan fingerprint density at radius 3 is 2.44 bits per heavy atom. The van der Waals surface area contributed by atoms with E-state index < -0.39 is 11.4 Å². The maximum Gasteiger partial charge on any atom is 0.123 e. The van der Waals surface area contributed by atoms with Gasteiger partial charge >= 0.3 is 0 Å². The number of hydrogen-bond acceptors (Lipinski definition) is 2. The van der Waals surface area contributed by atoms with Crippen molar-refractivity contribution in [3.8, 4) is 0 Å². The monoisotopic (exact) mass is 255 g/mol. The van der Waals surface area contributed by atoms with E-state index in [9.17, 15) is 4.55 Å². The van der Waals surface area contributed by atoms with E-state index in [1.54, 1.807) is 6.26 Å². The van der Waals surface area contributed by atoms with E-state index in [-0.39, 0.29) is 5.41 Å². The lowest BCUT2D eigenvalue weighted by atomic mass is 9.65. The molecule has 86 valence electrons. The minimum atomic E-state index is -1.11. The summed E-state index contributed by atoms with van der Waals surface area (Å²) in [5.41, 5.74) is 1.22. The third-order valence-electron chi connectivity index (χ3n) is 3.11. The molecule has 0 N–H and O–H groups in total. The zero-order chi connectivity index (χ0) is 11.6. The molecule has 1 aliphatic rings. The Labute approximate surface area is 104 Å². The van der Waals surface area contributed by atoms with Crippen molar-refractivity contribution in [2.75, 3.05) is 6.26 Å². The molecule has 2 nitrogen and oxygen atoms in total. The standard InChI is InChI=1S/C12H14ClNOS/c1-16(15)14-9-12(7-2-8-12)10-3-5-11(13)6-4-10/h3-6,9H,2,7-8H2,1H3. The fourth-order valence-electron chi connectivity index (χ4n) is 2.01. The Morgan fingerprint density at radius 1 is 1.38 bits per heavy atom. The first-order valence-corrected chi connectivity index (χ1v) is 7.16. The zero-order valence-electron chi connectivity index (χ0n) is 9.15. The summed E-state index contributed by atoms with van der Waals surface area (Å²) in [6.45, 7) is 0. The maximum absolute atomic E-state index is 11.0. The topological polar surface area (TPSA) is 35.4 Å². The van der Waals surface area contributed by atoms with Crippen molar-refractivity contribution >= 4 is 29.2 Å². The van der Waals surface area contributed by atoms with Crippen LogP contribution in [0.3, 0.4) is 0 Å². The molecule has 1 fully saturated rings. The molecule has 2 rings (SSSR count). The highest BCUT2D eigenvalue weighted by Gasteiger charge is 2.37. The van der Waals surface area contributed by atoms with Gasteiger partial charge in [0.15, 0.2) is 0 Å². The van der Waals surface area contributed by atoms with Gasteiger partial charge in [-0.15, -0.1) is 0 Å². The van der Waals surface area contributed by atoms with E-state index in [1.807, 2.05) is 30.5 Å². The van der Waals surface area contributed by atoms with Crippen LogP contribution in [-0.4, -0.2) is 17.0 Å². The molecule has 0 amide bonds. The van der Waals surface area contributed by atoms with Crippen molar-refractivity contribution in [1.82, 2.24) is 0 Å². The van der Waals surface area contributed by atoms with E-state index in [0.29, 0.717) is 0 Å². The molecule has 4 heteroatoms. The molecular formula is C12H14ClNOS. The molecule has 0 aromatic heterocycles. The summed E-state index contributed by atoms with van der Waals surface area (Å²) >= 11 is 4.75. The van der Waals surface area contributed by atoms with Crippen LogP contribution in [0.1, 0.15) is 24.8 Å². The summed E-state index contributed by atoms with van der Waals surface area (Å²) in [7, 11) is 0. The number of benzene rings is 1. The van der Waals surface area contributed by atoms with Crippen molar-refractivity contribution in [3.63, 3.8) is 0 Å². The average molecular weight is 256 g/mol. The molecule has 1 saturated carbocycles. The second-order valence-electron chi connectivity index (χ2n) is 4.17. The highest BCUT2D eigenvalue weighted by atomic mass is 35.5. The minimum Gasteiger partial charge on any atom is -0.592 e. The smallest absolute Gasteiger partial charge is 0.123 e.